The number of hydrogen-bond donors (Lipinski definition) is 1. The van der Waals surface area contributed by atoms with Gasteiger partial charge in [0.05, 0.1) is 11.3 Å². The van der Waals surface area contributed by atoms with Gasteiger partial charge in [0.25, 0.3) is 0 Å². The van der Waals surface area contributed by atoms with Crippen LogP contribution in [0, 0.1) is 11.2 Å². The molecule has 1 atom stereocenters. The summed E-state index contributed by atoms with van der Waals surface area (Å²) in [5.41, 5.74) is 6.18. The first-order chi connectivity index (χ1) is 13.6. The highest BCUT2D eigenvalue weighted by molar-refractivity contribution is 5.83. The molecule has 2 aliphatic heterocycles. The molecule has 2 fully saturated rings. The monoisotopic (exact) mass is 388 g/mol. The van der Waals surface area contributed by atoms with Gasteiger partial charge in [-0.3, -0.25) is 4.79 Å². The van der Waals surface area contributed by atoms with Gasteiger partial charge in [-0.25, -0.2) is 4.39 Å². The van der Waals surface area contributed by atoms with Gasteiger partial charge in [-0.1, -0.05) is 5.16 Å². The maximum Gasteiger partial charge on any atom is 0.231 e. The molecule has 8 heteroatoms. The Morgan fingerprint density at radius 3 is 2.75 bits per heavy atom. The fraction of sp³-hybridized carbons (Fsp3) is 0.550. The molecule has 0 spiro atoms. The molecule has 1 aromatic heterocycles. The standard InChI is InChI=1S/C20H25FN4O3/c21-16-5-3-14(4-6-16)17-23-18(28-24-17)15-2-1-9-25(12-15)19(26)20(13-22)7-10-27-11-8-20/h3-6,15H,1-2,7-13,22H2. The van der Waals surface area contributed by atoms with E-state index >= 15 is 0 Å². The van der Waals surface area contributed by atoms with Gasteiger partial charge in [0, 0.05) is 38.4 Å². The number of nitrogens with zero attached hydrogens (tertiary/aromatic N) is 3. The predicted molar refractivity (Wildman–Crippen MR) is 99.8 cm³/mol. The van der Waals surface area contributed by atoms with Crippen molar-refractivity contribution in [2.24, 2.45) is 11.1 Å². The average Bonchev–Trinajstić information content (AvgIpc) is 3.24. The van der Waals surface area contributed by atoms with Crippen LogP contribution in [0.2, 0.25) is 0 Å². The third-order valence-corrected chi connectivity index (χ3v) is 5.90. The van der Waals surface area contributed by atoms with Crippen LogP contribution in [0.25, 0.3) is 11.4 Å². The smallest absolute Gasteiger partial charge is 0.231 e. The number of ether oxygens (including phenoxy) is 1. The Labute approximate surface area is 163 Å². The van der Waals surface area contributed by atoms with Gasteiger partial charge < -0.3 is 19.9 Å². The van der Waals surface area contributed by atoms with Crippen molar-refractivity contribution in [1.82, 2.24) is 15.0 Å². The van der Waals surface area contributed by atoms with E-state index < -0.39 is 5.41 Å². The van der Waals surface area contributed by atoms with Crippen molar-refractivity contribution < 1.29 is 18.4 Å². The molecule has 2 saturated heterocycles. The lowest BCUT2D eigenvalue weighted by molar-refractivity contribution is -0.148. The normalized spacial score (nSPS) is 22.2. The molecule has 0 saturated carbocycles. The van der Waals surface area contributed by atoms with Crippen molar-refractivity contribution in [3.63, 3.8) is 0 Å². The van der Waals surface area contributed by atoms with Crippen molar-refractivity contribution in [3.8, 4) is 11.4 Å². The summed E-state index contributed by atoms with van der Waals surface area (Å²) in [6.07, 6.45) is 3.09. The van der Waals surface area contributed by atoms with Gasteiger partial charge in [-0.15, -0.1) is 0 Å². The van der Waals surface area contributed by atoms with Crippen LogP contribution in [0.3, 0.4) is 0 Å². The quantitative estimate of drug-likeness (QED) is 0.864. The summed E-state index contributed by atoms with van der Waals surface area (Å²) in [5.74, 6) is 0.748. The highest BCUT2D eigenvalue weighted by Crippen LogP contribution is 2.35. The third-order valence-electron chi connectivity index (χ3n) is 5.90. The van der Waals surface area contributed by atoms with E-state index in [4.69, 9.17) is 15.0 Å². The zero-order valence-electron chi connectivity index (χ0n) is 15.8. The Bertz CT molecular complexity index is 817. The lowest BCUT2D eigenvalue weighted by atomic mass is 9.78. The van der Waals surface area contributed by atoms with Gasteiger partial charge in [0.15, 0.2) is 0 Å². The van der Waals surface area contributed by atoms with E-state index in [0.29, 0.717) is 56.4 Å². The van der Waals surface area contributed by atoms with Crippen LogP contribution in [0.1, 0.15) is 37.5 Å². The zero-order chi connectivity index (χ0) is 19.6. The Hall–Kier alpha value is -2.32. The topological polar surface area (TPSA) is 94.5 Å². The highest BCUT2D eigenvalue weighted by Gasteiger charge is 2.43. The van der Waals surface area contributed by atoms with E-state index in [1.165, 1.54) is 12.1 Å². The summed E-state index contributed by atoms with van der Waals surface area (Å²) in [6, 6.07) is 5.98. The zero-order valence-corrected chi connectivity index (χ0v) is 15.8. The van der Waals surface area contributed by atoms with E-state index in [0.717, 1.165) is 19.4 Å². The first-order valence-corrected chi connectivity index (χ1v) is 9.78. The summed E-state index contributed by atoms with van der Waals surface area (Å²) >= 11 is 0. The molecular formula is C20H25FN4O3. The molecule has 0 aliphatic carbocycles. The fourth-order valence-corrected chi connectivity index (χ4v) is 4.08. The molecule has 1 unspecified atom stereocenters. The Morgan fingerprint density at radius 2 is 2.04 bits per heavy atom. The van der Waals surface area contributed by atoms with Crippen LogP contribution in [0.4, 0.5) is 4.39 Å². The van der Waals surface area contributed by atoms with E-state index in [1.807, 2.05) is 4.90 Å². The van der Waals surface area contributed by atoms with Crippen LogP contribution in [-0.4, -0.2) is 53.8 Å². The summed E-state index contributed by atoms with van der Waals surface area (Å²) in [6.45, 7) is 2.75. The van der Waals surface area contributed by atoms with E-state index in [2.05, 4.69) is 10.1 Å². The Kier molecular flexibility index (Phi) is 5.41. The van der Waals surface area contributed by atoms with Crippen molar-refractivity contribution in [1.29, 1.82) is 0 Å². The lowest BCUT2D eigenvalue weighted by Crippen LogP contribution is -2.53. The molecule has 150 valence electrons. The summed E-state index contributed by atoms with van der Waals surface area (Å²) in [5, 5.41) is 4.03. The summed E-state index contributed by atoms with van der Waals surface area (Å²) in [4.78, 5) is 19.6. The van der Waals surface area contributed by atoms with Crippen LogP contribution >= 0.6 is 0 Å². The average molecular weight is 388 g/mol. The number of likely N-dealkylation sites (tertiary alicyclic amines) is 1. The van der Waals surface area contributed by atoms with Gasteiger partial charge in [0.2, 0.25) is 17.6 Å². The number of amides is 1. The molecule has 0 radical (unpaired) electrons. The minimum Gasteiger partial charge on any atom is -0.381 e. The minimum absolute atomic E-state index is 0.00550. The number of benzene rings is 1. The number of carbonyl (C=O) groups excluding carboxylic acids is 1. The molecule has 2 aromatic rings. The molecule has 1 aromatic carbocycles. The number of hydrogen-bond acceptors (Lipinski definition) is 6. The maximum absolute atomic E-state index is 13.2. The predicted octanol–water partition coefficient (Wildman–Crippen LogP) is 2.34. The number of nitrogens with two attached hydrogens (primary N) is 1. The Balaban J connectivity index is 1.48. The molecule has 1 amide bonds. The van der Waals surface area contributed by atoms with Crippen molar-refractivity contribution in [2.45, 2.75) is 31.6 Å². The highest BCUT2D eigenvalue weighted by atomic mass is 19.1. The van der Waals surface area contributed by atoms with E-state index in [9.17, 15) is 9.18 Å². The van der Waals surface area contributed by atoms with Crippen LogP contribution < -0.4 is 5.73 Å². The largest absolute Gasteiger partial charge is 0.381 e. The molecule has 3 heterocycles. The second-order valence-electron chi connectivity index (χ2n) is 7.65. The molecule has 2 aliphatic rings. The molecule has 28 heavy (non-hydrogen) atoms. The maximum atomic E-state index is 13.2. The van der Waals surface area contributed by atoms with E-state index in [1.54, 1.807) is 12.1 Å². The minimum atomic E-state index is -0.520. The van der Waals surface area contributed by atoms with Crippen molar-refractivity contribution >= 4 is 5.91 Å². The number of piperidine rings is 1. The number of rotatable bonds is 4. The first kappa shape index (κ1) is 19.0. The van der Waals surface area contributed by atoms with Crippen molar-refractivity contribution in [2.75, 3.05) is 32.8 Å². The van der Waals surface area contributed by atoms with Gasteiger partial charge in [0.1, 0.15) is 5.82 Å². The second-order valence-corrected chi connectivity index (χ2v) is 7.65. The molecular weight excluding hydrogens is 363 g/mol. The Morgan fingerprint density at radius 1 is 1.29 bits per heavy atom. The van der Waals surface area contributed by atoms with E-state index in [-0.39, 0.29) is 17.6 Å². The fourth-order valence-electron chi connectivity index (χ4n) is 4.08. The SMILES string of the molecule is NCC1(C(=O)N2CCCC(c3nc(-c4ccc(F)cc4)no3)C2)CCOCC1. The molecule has 4 rings (SSSR count). The van der Waals surface area contributed by atoms with Crippen LogP contribution in [0.5, 0.6) is 0 Å². The first-order valence-electron chi connectivity index (χ1n) is 9.78. The summed E-state index contributed by atoms with van der Waals surface area (Å²) < 4.78 is 24.0. The lowest BCUT2D eigenvalue weighted by Gasteiger charge is -2.41. The number of halogens is 1. The van der Waals surface area contributed by atoms with Crippen LogP contribution in [0.15, 0.2) is 28.8 Å². The van der Waals surface area contributed by atoms with Crippen molar-refractivity contribution in [3.05, 3.63) is 36.0 Å². The number of aromatic nitrogens is 2. The third kappa shape index (κ3) is 3.66. The molecule has 0 bridgehead atoms. The summed E-state index contributed by atoms with van der Waals surface area (Å²) in [7, 11) is 0. The second kappa shape index (κ2) is 7.97. The van der Waals surface area contributed by atoms with Gasteiger partial charge in [-0.05, 0) is 49.9 Å². The number of carbonyl (C=O) groups is 1. The molecule has 2 N–H and O–H groups in total. The molecule has 7 nitrogen and oxygen atoms in total. The van der Waals surface area contributed by atoms with Gasteiger partial charge >= 0.3 is 0 Å². The van der Waals surface area contributed by atoms with Crippen LogP contribution in [-0.2, 0) is 9.53 Å². The van der Waals surface area contributed by atoms with Gasteiger partial charge in [-0.2, -0.15) is 4.98 Å².